The number of hydrogen-bond acceptors (Lipinski definition) is 3. The molecule has 0 aliphatic heterocycles. The van der Waals surface area contributed by atoms with E-state index >= 15 is 0 Å². The van der Waals surface area contributed by atoms with Crippen LogP contribution in [0.3, 0.4) is 0 Å². The Balaban J connectivity index is 1.75. The van der Waals surface area contributed by atoms with Crippen LogP contribution in [0.2, 0.25) is 0 Å². The highest BCUT2D eigenvalue weighted by molar-refractivity contribution is 5.93. The predicted molar refractivity (Wildman–Crippen MR) is 96.7 cm³/mol. The maximum absolute atomic E-state index is 13.8. The molecule has 1 N–H and O–H groups in total. The summed E-state index contributed by atoms with van der Waals surface area (Å²) < 4.78 is 13.8. The lowest BCUT2D eigenvalue weighted by atomic mass is 10.1. The number of benzene rings is 2. The molecular formula is C20H20FN3O. The zero-order valence-corrected chi connectivity index (χ0v) is 14.3. The molecule has 1 aromatic heterocycles. The molecule has 25 heavy (non-hydrogen) atoms. The second-order valence-electron chi connectivity index (χ2n) is 6.09. The van der Waals surface area contributed by atoms with Gasteiger partial charge in [0.25, 0.3) is 5.91 Å². The zero-order chi connectivity index (χ0) is 17.8. The van der Waals surface area contributed by atoms with E-state index in [1.165, 1.54) is 6.07 Å². The van der Waals surface area contributed by atoms with Gasteiger partial charge >= 0.3 is 0 Å². The average Bonchev–Trinajstić information content (AvgIpc) is 2.61. The van der Waals surface area contributed by atoms with Crippen molar-refractivity contribution in [1.29, 1.82) is 0 Å². The number of carbonyl (C=O) groups excluding carboxylic acids is 1. The van der Waals surface area contributed by atoms with Crippen LogP contribution in [0.5, 0.6) is 0 Å². The van der Waals surface area contributed by atoms with Crippen LogP contribution in [-0.2, 0) is 13.1 Å². The monoisotopic (exact) mass is 337 g/mol. The largest absolute Gasteiger partial charge is 0.355 e. The van der Waals surface area contributed by atoms with Crippen molar-refractivity contribution in [3.8, 4) is 0 Å². The lowest BCUT2D eigenvalue weighted by molar-refractivity contribution is 0.0963. The fourth-order valence-corrected chi connectivity index (χ4v) is 2.91. The second kappa shape index (κ2) is 7.40. The summed E-state index contributed by atoms with van der Waals surface area (Å²) in [4.78, 5) is 18.1. The SMILES string of the molecule is CNC(=O)c1ccc(CN(C)Cc2cc(F)cc3cccnc23)cc1. The first-order valence-corrected chi connectivity index (χ1v) is 8.09. The number of fused-ring (bicyclic) bond motifs is 1. The van der Waals surface area contributed by atoms with E-state index in [1.807, 2.05) is 31.3 Å². The van der Waals surface area contributed by atoms with Crippen molar-refractivity contribution < 1.29 is 9.18 Å². The van der Waals surface area contributed by atoms with Crippen LogP contribution in [0.15, 0.2) is 54.7 Å². The third-order valence-corrected chi connectivity index (χ3v) is 4.08. The Morgan fingerprint density at radius 1 is 1.16 bits per heavy atom. The van der Waals surface area contributed by atoms with Crippen LogP contribution < -0.4 is 5.32 Å². The van der Waals surface area contributed by atoms with E-state index in [9.17, 15) is 9.18 Å². The normalized spacial score (nSPS) is 11.0. The molecule has 2 aromatic carbocycles. The standard InChI is InChI=1S/C20H20FN3O/c1-22-20(25)15-7-5-14(6-8-15)12-24(2)13-17-11-18(21)10-16-4-3-9-23-19(16)17/h3-11H,12-13H2,1-2H3,(H,22,25). The van der Waals surface area contributed by atoms with Crippen LogP contribution in [0, 0.1) is 5.82 Å². The van der Waals surface area contributed by atoms with Crippen LogP contribution in [0.1, 0.15) is 21.5 Å². The van der Waals surface area contributed by atoms with Gasteiger partial charge in [0.2, 0.25) is 0 Å². The molecule has 1 amide bonds. The van der Waals surface area contributed by atoms with E-state index < -0.39 is 0 Å². The minimum absolute atomic E-state index is 0.0998. The van der Waals surface area contributed by atoms with Crippen molar-refractivity contribution in [2.75, 3.05) is 14.1 Å². The van der Waals surface area contributed by atoms with Crippen LogP contribution in [0.25, 0.3) is 10.9 Å². The number of nitrogens with one attached hydrogen (secondary N) is 1. The Morgan fingerprint density at radius 2 is 1.92 bits per heavy atom. The maximum atomic E-state index is 13.8. The Hall–Kier alpha value is -2.79. The number of nitrogens with zero attached hydrogens (tertiary/aromatic N) is 2. The molecule has 0 bridgehead atoms. The Bertz CT molecular complexity index is 893. The number of hydrogen-bond donors (Lipinski definition) is 1. The van der Waals surface area contributed by atoms with Crippen LogP contribution in [-0.4, -0.2) is 29.9 Å². The first kappa shape index (κ1) is 17.0. The number of pyridine rings is 1. The Kier molecular flexibility index (Phi) is 5.05. The van der Waals surface area contributed by atoms with Gasteiger partial charge < -0.3 is 5.32 Å². The highest BCUT2D eigenvalue weighted by Gasteiger charge is 2.09. The molecule has 4 nitrogen and oxygen atoms in total. The summed E-state index contributed by atoms with van der Waals surface area (Å²) in [6.07, 6.45) is 1.72. The van der Waals surface area contributed by atoms with Gasteiger partial charge in [-0.25, -0.2) is 4.39 Å². The summed E-state index contributed by atoms with van der Waals surface area (Å²) in [5, 5.41) is 3.41. The molecule has 1 heterocycles. The highest BCUT2D eigenvalue weighted by atomic mass is 19.1. The van der Waals surface area contributed by atoms with E-state index in [-0.39, 0.29) is 11.7 Å². The molecule has 0 saturated heterocycles. The van der Waals surface area contributed by atoms with Gasteiger partial charge in [0.15, 0.2) is 0 Å². The fourth-order valence-electron chi connectivity index (χ4n) is 2.91. The summed E-state index contributed by atoms with van der Waals surface area (Å²) in [6.45, 7) is 1.28. The van der Waals surface area contributed by atoms with E-state index in [4.69, 9.17) is 0 Å². The van der Waals surface area contributed by atoms with Crippen molar-refractivity contribution in [3.63, 3.8) is 0 Å². The zero-order valence-electron chi connectivity index (χ0n) is 14.3. The quantitative estimate of drug-likeness (QED) is 0.776. The van der Waals surface area contributed by atoms with Crippen LogP contribution in [0.4, 0.5) is 4.39 Å². The van der Waals surface area contributed by atoms with Crippen molar-refractivity contribution in [2.45, 2.75) is 13.1 Å². The van der Waals surface area contributed by atoms with Crippen molar-refractivity contribution in [1.82, 2.24) is 15.2 Å². The number of halogens is 1. The highest BCUT2D eigenvalue weighted by Crippen LogP contribution is 2.20. The summed E-state index contributed by atoms with van der Waals surface area (Å²) in [5.74, 6) is -0.351. The number of rotatable bonds is 5. The summed E-state index contributed by atoms with van der Waals surface area (Å²) in [5.41, 5.74) is 3.41. The molecule has 0 radical (unpaired) electrons. The first-order chi connectivity index (χ1) is 12.1. The van der Waals surface area contributed by atoms with E-state index in [2.05, 4.69) is 15.2 Å². The lowest BCUT2D eigenvalue weighted by Gasteiger charge is -2.18. The second-order valence-corrected chi connectivity index (χ2v) is 6.09. The maximum Gasteiger partial charge on any atom is 0.251 e. The van der Waals surface area contributed by atoms with Gasteiger partial charge in [0.1, 0.15) is 5.82 Å². The van der Waals surface area contributed by atoms with Gasteiger partial charge in [-0.15, -0.1) is 0 Å². The lowest BCUT2D eigenvalue weighted by Crippen LogP contribution is -2.19. The molecule has 0 fully saturated rings. The smallest absolute Gasteiger partial charge is 0.251 e. The topological polar surface area (TPSA) is 45.2 Å². The minimum atomic E-state index is -0.251. The predicted octanol–water partition coefficient (Wildman–Crippen LogP) is 3.37. The minimum Gasteiger partial charge on any atom is -0.355 e. The Labute approximate surface area is 146 Å². The van der Waals surface area contributed by atoms with Crippen molar-refractivity contribution in [3.05, 3.63) is 77.2 Å². The van der Waals surface area contributed by atoms with Crippen LogP contribution >= 0.6 is 0 Å². The van der Waals surface area contributed by atoms with E-state index in [0.29, 0.717) is 18.7 Å². The van der Waals surface area contributed by atoms with Gasteiger partial charge in [0.05, 0.1) is 5.52 Å². The van der Waals surface area contributed by atoms with Gasteiger partial charge in [-0.2, -0.15) is 0 Å². The number of amides is 1. The average molecular weight is 337 g/mol. The van der Waals surface area contributed by atoms with Gasteiger partial charge in [-0.05, 0) is 48.5 Å². The molecule has 128 valence electrons. The van der Waals surface area contributed by atoms with Gasteiger partial charge in [-0.3, -0.25) is 14.7 Å². The molecule has 3 aromatic rings. The molecule has 0 aliphatic carbocycles. The van der Waals surface area contributed by atoms with Crippen molar-refractivity contribution in [2.24, 2.45) is 0 Å². The summed E-state index contributed by atoms with van der Waals surface area (Å²) >= 11 is 0. The van der Waals surface area contributed by atoms with E-state index in [1.54, 1.807) is 31.4 Å². The van der Waals surface area contributed by atoms with Gasteiger partial charge in [-0.1, -0.05) is 18.2 Å². The molecule has 0 atom stereocenters. The molecule has 0 unspecified atom stereocenters. The Morgan fingerprint density at radius 3 is 2.64 bits per heavy atom. The molecule has 3 rings (SSSR count). The third-order valence-electron chi connectivity index (χ3n) is 4.08. The number of aromatic nitrogens is 1. The molecule has 5 heteroatoms. The number of carbonyl (C=O) groups is 1. The molecule has 0 spiro atoms. The van der Waals surface area contributed by atoms with Crippen molar-refractivity contribution >= 4 is 16.8 Å². The first-order valence-electron chi connectivity index (χ1n) is 8.09. The summed E-state index contributed by atoms with van der Waals surface area (Å²) in [7, 11) is 3.59. The molecule has 0 aliphatic rings. The molecule has 0 saturated carbocycles. The molecular weight excluding hydrogens is 317 g/mol. The summed E-state index contributed by atoms with van der Waals surface area (Å²) in [6, 6.07) is 14.2. The third kappa shape index (κ3) is 4.00. The fraction of sp³-hybridized carbons (Fsp3) is 0.200. The van der Waals surface area contributed by atoms with Gasteiger partial charge in [0, 0.05) is 37.3 Å². The van der Waals surface area contributed by atoms with E-state index in [0.717, 1.165) is 22.0 Å².